The highest BCUT2D eigenvalue weighted by molar-refractivity contribution is 7.89. The number of hydrogen-bond donors (Lipinski definition) is 2. The van der Waals surface area contributed by atoms with Gasteiger partial charge in [-0.1, -0.05) is 24.3 Å². The SMILES string of the molecule is NCc1cccc(CNS(=O)(=O)c2cc3c(o2)CCCC3)c1. The molecule has 0 saturated carbocycles. The molecule has 5 nitrogen and oxygen atoms in total. The van der Waals surface area contributed by atoms with E-state index in [4.69, 9.17) is 10.2 Å². The van der Waals surface area contributed by atoms with Crippen molar-refractivity contribution in [2.45, 2.75) is 43.9 Å². The van der Waals surface area contributed by atoms with Gasteiger partial charge in [0.1, 0.15) is 5.76 Å². The highest BCUT2D eigenvalue weighted by Crippen LogP contribution is 2.27. The highest BCUT2D eigenvalue weighted by atomic mass is 32.2. The fraction of sp³-hybridized carbons (Fsp3) is 0.375. The van der Waals surface area contributed by atoms with Gasteiger partial charge in [-0.2, -0.15) is 0 Å². The van der Waals surface area contributed by atoms with Gasteiger partial charge < -0.3 is 10.2 Å². The second-order valence-corrected chi connectivity index (χ2v) is 7.27. The minimum absolute atomic E-state index is 0.0226. The van der Waals surface area contributed by atoms with E-state index in [-0.39, 0.29) is 11.6 Å². The number of furan rings is 1. The third-order valence-corrected chi connectivity index (χ3v) is 5.19. The molecule has 118 valence electrons. The van der Waals surface area contributed by atoms with Crippen LogP contribution in [0.1, 0.15) is 35.3 Å². The molecule has 0 aliphatic heterocycles. The van der Waals surface area contributed by atoms with Crippen molar-refractivity contribution in [1.82, 2.24) is 4.72 Å². The molecular weight excluding hydrogens is 300 g/mol. The van der Waals surface area contributed by atoms with Crippen molar-refractivity contribution in [3.63, 3.8) is 0 Å². The zero-order valence-electron chi connectivity index (χ0n) is 12.3. The summed E-state index contributed by atoms with van der Waals surface area (Å²) in [7, 11) is -3.62. The third kappa shape index (κ3) is 3.24. The van der Waals surface area contributed by atoms with E-state index in [0.29, 0.717) is 6.54 Å². The van der Waals surface area contributed by atoms with E-state index >= 15 is 0 Å². The van der Waals surface area contributed by atoms with Crippen LogP contribution in [0.15, 0.2) is 39.8 Å². The molecule has 0 unspecified atom stereocenters. The van der Waals surface area contributed by atoms with Gasteiger partial charge in [0.2, 0.25) is 5.09 Å². The van der Waals surface area contributed by atoms with Gasteiger partial charge in [-0.05, 0) is 36.0 Å². The van der Waals surface area contributed by atoms with Gasteiger partial charge in [0.05, 0.1) is 0 Å². The van der Waals surface area contributed by atoms with Gasteiger partial charge in [0.15, 0.2) is 0 Å². The molecule has 3 N–H and O–H groups in total. The molecule has 1 aromatic carbocycles. The van der Waals surface area contributed by atoms with E-state index < -0.39 is 10.0 Å². The van der Waals surface area contributed by atoms with E-state index in [1.54, 1.807) is 6.07 Å². The summed E-state index contributed by atoms with van der Waals surface area (Å²) < 4.78 is 32.8. The number of fused-ring (bicyclic) bond motifs is 1. The molecule has 3 rings (SSSR count). The van der Waals surface area contributed by atoms with Crippen molar-refractivity contribution in [3.05, 3.63) is 52.8 Å². The van der Waals surface area contributed by atoms with Crippen molar-refractivity contribution in [3.8, 4) is 0 Å². The molecule has 0 bridgehead atoms. The van der Waals surface area contributed by atoms with E-state index in [2.05, 4.69) is 4.72 Å². The van der Waals surface area contributed by atoms with Crippen LogP contribution in [0.5, 0.6) is 0 Å². The number of benzene rings is 1. The van der Waals surface area contributed by atoms with Gasteiger partial charge in [-0.15, -0.1) is 0 Å². The number of aryl methyl sites for hydroxylation is 2. The van der Waals surface area contributed by atoms with Crippen molar-refractivity contribution < 1.29 is 12.8 Å². The van der Waals surface area contributed by atoms with Crippen LogP contribution in [0.2, 0.25) is 0 Å². The van der Waals surface area contributed by atoms with Crippen LogP contribution >= 0.6 is 0 Å². The number of sulfonamides is 1. The first-order valence-electron chi connectivity index (χ1n) is 7.47. The summed E-state index contributed by atoms with van der Waals surface area (Å²) in [6.07, 6.45) is 3.86. The van der Waals surface area contributed by atoms with Crippen LogP contribution in [0, 0.1) is 0 Å². The van der Waals surface area contributed by atoms with Crippen LogP contribution in [-0.4, -0.2) is 8.42 Å². The first-order chi connectivity index (χ1) is 10.6. The van der Waals surface area contributed by atoms with Crippen LogP contribution < -0.4 is 10.5 Å². The summed E-state index contributed by atoms with van der Waals surface area (Å²) in [5.41, 5.74) is 8.47. The lowest BCUT2D eigenvalue weighted by Gasteiger charge is -2.07. The maximum Gasteiger partial charge on any atom is 0.274 e. The smallest absolute Gasteiger partial charge is 0.274 e. The van der Waals surface area contributed by atoms with E-state index in [0.717, 1.165) is 48.1 Å². The summed E-state index contributed by atoms with van der Waals surface area (Å²) in [5.74, 6) is 0.816. The van der Waals surface area contributed by atoms with Gasteiger partial charge >= 0.3 is 0 Å². The van der Waals surface area contributed by atoms with Crippen molar-refractivity contribution in [2.75, 3.05) is 0 Å². The van der Waals surface area contributed by atoms with E-state index in [1.165, 1.54) is 0 Å². The number of rotatable bonds is 5. The minimum atomic E-state index is -3.62. The quantitative estimate of drug-likeness (QED) is 0.883. The molecule has 1 heterocycles. The molecule has 0 radical (unpaired) electrons. The first-order valence-corrected chi connectivity index (χ1v) is 8.96. The predicted molar refractivity (Wildman–Crippen MR) is 83.7 cm³/mol. The Morgan fingerprint density at radius 1 is 1.14 bits per heavy atom. The molecule has 0 atom stereocenters. The number of hydrogen-bond acceptors (Lipinski definition) is 4. The van der Waals surface area contributed by atoms with Gasteiger partial charge in [-0.25, -0.2) is 13.1 Å². The molecule has 0 spiro atoms. The Hall–Kier alpha value is -1.63. The minimum Gasteiger partial charge on any atom is -0.448 e. The lowest BCUT2D eigenvalue weighted by molar-refractivity contribution is 0.398. The molecule has 0 saturated heterocycles. The van der Waals surface area contributed by atoms with Crippen LogP contribution in [0.4, 0.5) is 0 Å². The van der Waals surface area contributed by atoms with Gasteiger partial charge in [0.25, 0.3) is 10.0 Å². The summed E-state index contributed by atoms with van der Waals surface area (Å²) in [6.45, 7) is 0.660. The standard InChI is InChI=1S/C16H20N2O3S/c17-10-12-4-3-5-13(8-12)11-18-22(19,20)16-9-14-6-1-2-7-15(14)21-16/h3-5,8-9,18H,1-2,6-7,10-11,17H2. The molecular formula is C16H20N2O3S. The van der Waals surface area contributed by atoms with Crippen LogP contribution in [-0.2, 0) is 36.0 Å². The maximum absolute atomic E-state index is 12.3. The molecule has 1 aliphatic rings. The van der Waals surface area contributed by atoms with Gasteiger partial charge in [-0.3, -0.25) is 0 Å². The predicted octanol–water partition coefficient (Wildman–Crippen LogP) is 2.10. The maximum atomic E-state index is 12.3. The zero-order valence-corrected chi connectivity index (χ0v) is 13.2. The second kappa shape index (κ2) is 6.24. The lowest BCUT2D eigenvalue weighted by Crippen LogP contribution is -2.22. The lowest BCUT2D eigenvalue weighted by atomic mass is 9.99. The Morgan fingerprint density at radius 2 is 1.91 bits per heavy atom. The zero-order chi connectivity index (χ0) is 15.6. The molecule has 2 aromatic rings. The Morgan fingerprint density at radius 3 is 2.68 bits per heavy atom. The first kappa shape index (κ1) is 15.3. The van der Waals surface area contributed by atoms with Crippen molar-refractivity contribution >= 4 is 10.0 Å². The molecule has 0 amide bonds. The number of nitrogens with one attached hydrogen (secondary N) is 1. The average molecular weight is 320 g/mol. The fourth-order valence-electron chi connectivity index (χ4n) is 2.71. The summed E-state index contributed by atoms with van der Waals surface area (Å²) in [4.78, 5) is 0. The monoisotopic (exact) mass is 320 g/mol. The summed E-state index contributed by atoms with van der Waals surface area (Å²) in [6, 6.07) is 9.22. The molecule has 0 fully saturated rings. The molecule has 1 aromatic heterocycles. The summed E-state index contributed by atoms with van der Waals surface area (Å²) in [5, 5.41) is 0.0226. The Bertz CT molecular complexity index is 742. The van der Waals surface area contributed by atoms with E-state index in [1.807, 2.05) is 24.3 Å². The van der Waals surface area contributed by atoms with Crippen LogP contribution in [0.3, 0.4) is 0 Å². The average Bonchev–Trinajstić information content (AvgIpc) is 2.98. The topological polar surface area (TPSA) is 85.3 Å². The van der Waals surface area contributed by atoms with Crippen molar-refractivity contribution in [1.29, 1.82) is 0 Å². The van der Waals surface area contributed by atoms with Crippen molar-refractivity contribution in [2.24, 2.45) is 5.73 Å². The fourth-order valence-corrected chi connectivity index (χ4v) is 3.72. The largest absolute Gasteiger partial charge is 0.448 e. The third-order valence-electron chi connectivity index (χ3n) is 3.93. The van der Waals surface area contributed by atoms with E-state index in [9.17, 15) is 8.42 Å². The second-order valence-electron chi connectivity index (χ2n) is 5.57. The molecule has 6 heteroatoms. The van der Waals surface area contributed by atoms with Crippen LogP contribution in [0.25, 0.3) is 0 Å². The Labute approximate surface area is 130 Å². The normalized spacial score (nSPS) is 14.8. The molecule has 1 aliphatic carbocycles. The van der Waals surface area contributed by atoms with Gasteiger partial charge in [0, 0.05) is 25.6 Å². The Kier molecular flexibility index (Phi) is 4.33. The number of nitrogens with two attached hydrogens (primary N) is 1. The highest BCUT2D eigenvalue weighted by Gasteiger charge is 2.23. The summed E-state index contributed by atoms with van der Waals surface area (Å²) >= 11 is 0. The Balaban J connectivity index is 1.74. The molecule has 22 heavy (non-hydrogen) atoms.